The molecule has 1 saturated carbocycles. The average Bonchev–Trinajstić information content (AvgIpc) is 2.62. The molecule has 1 aliphatic carbocycles. The predicted octanol–water partition coefficient (Wildman–Crippen LogP) is 4.31. The highest BCUT2D eigenvalue weighted by Gasteiger charge is 2.19. The smallest absolute Gasteiger partial charge is 0.306 e. The molecule has 3 rings (SSSR count). The highest BCUT2D eigenvalue weighted by atomic mass is 16.5. The van der Waals surface area contributed by atoms with Crippen LogP contribution >= 0.6 is 0 Å². The van der Waals surface area contributed by atoms with Crippen LogP contribution in [0.3, 0.4) is 0 Å². The molecule has 4 nitrogen and oxygen atoms in total. The Hall–Kier alpha value is -2.36. The summed E-state index contributed by atoms with van der Waals surface area (Å²) >= 11 is 0. The van der Waals surface area contributed by atoms with Gasteiger partial charge in [0, 0.05) is 10.9 Å². The molecular formula is C19H22O4. The second-order valence-electron chi connectivity index (χ2n) is 5.69. The maximum absolute atomic E-state index is 10.8. The zero-order chi connectivity index (χ0) is 16.7. The number of carboxylic acid groups (broad SMARTS) is 1. The van der Waals surface area contributed by atoms with Gasteiger partial charge in [-0.3, -0.25) is 9.59 Å². The fraction of sp³-hybridized carbons (Fsp3) is 0.368. The molecule has 4 heteroatoms. The van der Waals surface area contributed by atoms with Gasteiger partial charge >= 0.3 is 5.97 Å². The minimum atomic E-state index is -0.602. The lowest BCUT2D eigenvalue weighted by Crippen LogP contribution is -2.16. The number of fused-ring (bicyclic) bond motifs is 1. The van der Waals surface area contributed by atoms with Crippen LogP contribution in [0.25, 0.3) is 10.8 Å². The van der Waals surface area contributed by atoms with Crippen LogP contribution in [0.5, 0.6) is 5.75 Å². The van der Waals surface area contributed by atoms with Crippen molar-refractivity contribution in [2.75, 3.05) is 7.11 Å². The standard InChI is InChI=1S/C12H10O2.C7H12O2/c1-14-12-7-6-9(8-13)10-4-2-3-5-11(10)12;8-7(9)6-4-2-1-3-5-6/h2-8H,1H3;6H,1-5H2,(H,8,9). The van der Waals surface area contributed by atoms with Gasteiger partial charge in [-0.1, -0.05) is 43.5 Å². The van der Waals surface area contributed by atoms with Crippen molar-refractivity contribution in [3.8, 4) is 5.75 Å². The monoisotopic (exact) mass is 314 g/mol. The first kappa shape index (κ1) is 17.0. The number of carboxylic acids is 1. The number of rotatable bonds is 3. The van der Waals surface area contributed by atoms with Crippen LogP contribution in [-0.2, 0) is 4.79 Å². The summed E-state index contributed by atoms with van der Waals surface area (Å²) in [7, 11) is 1.63. The van der Waals surface area contributed by atoms with Crippen molar-refractivity contribution in [3.05, 3.63) is 42.0 Å². The SMILES string of the molecule is COc1ccc(C=O)c2ccccc12.O=C(O)C1CCCCC1. The number of hydrogen-bond donors (Lipinski definition) is 1. The first-order valence-corrected chi connectivity index (χ1v) is 7.91. The van der Waals surface area contributed by atoms with Crippen molar-refractivity contribution in [1.29, 1.82) is 0 Å². The third-order valence-corrected chi connectivity index (χ3v) is 4.22. The Balaban J connectivity index is 0.000000185. The summed E-state index contributed by atoms with van der Waals surface area (Å²) in [6, 6.07) is 11.3. The molecule has 23 heavy (non-hydrogen) atoms. The summed E-state index contributed by atoms with van der Waals surface area (Å²) in [6.45, 7) is 0. The van der Waals surface area contributed by atoms with Crippen LogP contribution in [0.1, 0.15) is 42.5 Å². The van der Waals surface area contributed by atoms with Crippen molar-refractivity contribution in [1.82, 2.24) is 0 Å². The van der Waals surface area contributed by atoms with E-state index in [0.29, 0.717) is 5.56 Å². The molecule has 0 aromatic heterocycles. The molecule has 1 N–H and O–H groups in total. The van der Waals surface area contributed by atoms with E-state index in [1.54, 1.807) is 13.2 Å². The summed E-state index contributed by atoms with van der Waals surface area (Å²) in [4.78, 5) is 21.1. The Morgan fingerprint density at radius 3 is 2.26 bits per heavy atom. The van der Waals surface area contributed by atoms with Gasteiger partial charge in [-0.05, 0) is 30.4 Å². The molecular weight excluding hydrogens is 292 g/mol. The van der Waals surface area contributed by atoms with E-state index < -0.39 is 5.97 Å². The molecule has 0 spiro atoms. The number of aldehydes is 1. The van der Waals surface area contributed by atoms with Crippen LogP contribution in [-0.4, -0.2) is 24.5 Å². The number of carbonyl (C=O) groups is 2. The van der Waals surface area contributed by atoms with Crippen LogP contribution in [0, 0.1) is 5.92 Å². The van der Waals surface area contributed by atoms with Crippen molar-refractivity contribution in [3.63, 3.8) is 0 Å². The number of hydrogen-bond acceptors (Lipinski definition) is 3. The van der Waals surface area contributed by atoms with Crippen LogP contribution < -0.4 is 4.74 Å². The minimum Gasteiger partial charge on any atom is -0.496 e. The Morgan fingerprint density at radius 2 is 1.74 bits per heavy atom. The van der Waals surface area contributed by atoms with Crippen molar-refractivity contribution >= 4 is 23.0 Å². The maximum Gasteiger partial charge on any atom is 0.306 e. The number of carbonyl (C=O) groups excluding carboxylic acids is 1. The van der Waals surface area contributed by atoms with E-state index >= 15 is 0 Å². The summed E-state index contributed by atoms with van der Waals surface area (Å²) in [5.41, 5.74) is 0.696. The Morgan fingerprint density at radius 1 is 1.09 bits per heavy atom. The lowest BCUT2D eigenvalue weighted by atomic mass is 9.90. The van der Waals surface area contributed by atoms with E-state index in [1.807, 2.05) is 30.3 Å². The summed E-state index contributed by atoms with van der Waals surface area (Å²) in [5, 5.41) is 10.4. The highest BCUT2D eigenvalue weighted by molar-refractivity contribution is 6.00. The quantitative estimate of drug-likeness (QED) is 0.857. The Kier molecular flexibility index (Phi) is 6.15. The largest absolute Gasteiger partial charge is 0.496 e. The molecule has 1 fully saturated rings. The van der Waals surface area contributed by atoms with Crippen molar-refractivity contribution < 1.29 is 19.4 Å². The summed E-state index contributed by atoms with van der Waals surface area (Å²) < 4.78 is 5.21. The van der Waals surface area contributed by atoms with Gasteiger partial charge in [0.05, 0.1) is 13.0 Å². The zero-order valence-electron chi connectivity index (χ0n) is 13.3. The van der Waals surface area contributed by atoms with E-state index in [9.17, 15) is 9.59 Å². The average molecular weight is 314 g/mol. The molecule has 122 valence electrons. The van der Waals surface area contributed by atoms with Gasteiger partial charge in [0.2, 0.25) is 0 Å². The molecule has 0 saturated heterocycles. The molecule has 1 aliphatic rings. The summed E-state index contributed by atoms with van der Waals surface area (Å²) in [6.07, 6.45) is 6.10. The van der Waals surface area contributed by atoms with Crippen molar-refractivity contribution in [2.24, 2.45) is 5.92 Å². The second kappa shape index (κ2) is 8.32. The summed E-state index contributed by atoms with van der Waals surface area (Å²) in [5.74, 6) is 0.166. The second-order valence-corrected chi connectivity index (χ2v) is 5.69. The molecule has 0 radical (unpaired) electrons. The van der Waals surface area contributed by atoms with E-state index in [1.165, 1.54) is 6.42 Å². The lowest BCUT2D eigenvalue weighted by Gasteiger charge is -2.16. The van der Waals surface area contributed by atoms with Gasteiger partial charge in [0.15, 0.2) is 6.29 Å². The molecule has 0 atom stereocenters. The molecule has 0 aliphatic heterocycles. The van der Waals surface area contributed by atoms with Gasteiger partial charge in [0.1, 0.15) is 5.75 Å². The van der Waals surface area contributed by atoms with Gasteiger partial charge in [-0.15, -0.1) is 0 Å². The number of aliphatic carboxylic acids is 1. The number of ether oxygens (including phenoxy) is 1. The first-order chi connectivity index (χ1) is 11.2. The normalized spacial score (nSPS) is 14.7. The van der Waals surface area contributed by atoms with E-state index in [0.717, 1.165) is 48.5 Å². The first-order valence-electron chi connectivity index (χ1n) is 7.91. The van der Waals surface area contributed by atoms with Gasteiger partial charge in [-0.2, -0.15) is 0 Å². The third kappa shape index (κ3) is 4.31. The van der Waals surface area contributed by atoms with Gasteiger partial charge in [-0.25, -0.2) is 0 Å². The molecule has 2 aromatic carbocycles. The fourth-order valence-corrected chi connectivity index (χ4v) is 2.93. The number of methoxy groups -OCH3 is 1. The molecule has 2 aromatic rings. The van der Waals surface area contributed by atoms with Crippen LogP contribution in [0.15, 0.2) is 36.4 Å². The molecule has 0 heterocycles. The number of benzene rings is 2. The van der Waals surface area contributed by atoms with Crippen LogP contribution in [0.2, 0.25) is 0 Å². The van der Waals surface area contributed by atoms with E-state index in [-0.39, 0.29) is 5.92 Å². The third-order valence-electron chi connectivity index (χ3n) is 4.22. The molecule has 0 unspecified atom stereocenters. The Labute approximate surface area is 136 Å². The lowest BCUT2D eigenvalue weighted by molar-refractivity contribution is -0.142. The fourth-order valence-electron chi connectivity index (χ4n) is 2.93. The van der Waals surface area contributed by atoms with Crippen molar-refractivity contribution in [2.45, 2.75) is 32.1 Å². The zero-order valence-corrected chi connectivity index (χ0v) is 13.3. The predicted molar refractivity (Wildman–Crippen MR) is 90.1 cm³/mol. The highest BCUT2D eigenvalue weighted by Crippen LogP contribution is 2.27. The topological polar surface area (TPSA) is 63.6 Å². The van der Waals surface area contributed by atoms with Crippen LogP contribution in [0.4, 0.5) is 0 Å². The molecule has 0 bridgehead atoms. The van der Waals surface area contributed by atoms with E-state index in [2.05, 4.69) is 0 Å². The van der Waals surface area contributed by atoms with Gasteiger partial charge < -0.3 is 9.84 Å². The van der Waals surface area contributed by atoms with E-state index in [4.69, 9.17) is 9.84 Å². The minimum absolute atomic E-state index is 0.0289. The Bertz CT molecular complexity index is 672. The molecule has 0 amide bonds. The maximum atomic E-state index is 10.8. The van der Waals surface area contributed by atoms with Gasteiger partial charge in [0.25, 0.3) is 0 Å².